The van der Waals surface area contributed by atoms with Crippen molar-refractivity contribution in [2.75, 3.05) is 33.3 Å². The van der Waals surface area contributed by atoms with Crippen LogP contribution in [0, 0.1) is 0 Å². The van der Waals surface area contributed by atoms with Crippen molar-refractivity contribution in [3.63, 3.8) is 0 Å². The van der Waals surface area contributed by atoms with Crippen LogP contribution in [0.4, 0.5) is 0 Å². The number of carbonyl (C=O) groups is 1. The van der Waals surface area contributed by atoms with Crippen molar-refractivity contribution in [1.29, 1.82) is 0 Å². The van der Waals surface area contributed by atoms with Gasteiger partial charge in [0.2, 0.25) is 0 Å². The smallest absolute Gasteiger partial charge is 0.253 e. The van der Waals surface area contributed by atoms with E-state index >= 15 is 0 Å². The molecule has 1 amide bonds. The average molecular weight is 519 g/mol. The van der Waals surface area contributed by atoms with Crippen molar-refractivity contribution in [1.82, 2.24) is 9.80 Å². The molecule has 3 aromatic carbocycles. The van der Waals surface area contributed by atoms with Crippen molar-refractivity contribution >= 4 is 17.5 Å². The summed E-state index contributed by atoms with van der Waals surface area (Å²) in [5.74, 6) is 2.22. The lowest BCUT2D eigenvalue weighted by Crippen LogP contribution is -2.48. The Bertz CT molecular complexity index is 1150. The maximum Gasteiger partial charge on any atom is 0.253 e. The fourth-order valence-electron chi connectivity index (χ4n) is 5.38. The van der Waals surface area contributed by atoms with Gasteiger partial charge in [-0.1, -0.05) is 35.9 Å². The van der Waals surface area contributed by atoms with E-state index in [1.807, 2.05) is 60.5 Å². The molecule has 6 heteroatoms. The molecule has 2 fully saturated rings. The number of piperazine rings is 1. The lowest BCUT2D eigenvalue weighted by atomic mass is 9.83. The fraction of sp³-hybridized carbons (Fsp3) is 0.387. The molecular formula is C31H35ClN2O3. The highest BCUT2D eigenvalue weighted by atomic mass is 35.5. The number of benzene rings is 3. The van der Waals surface area contributed by atoms with Crippen LogP contribution in [-0.4, -0.2) is 55.1 Å². The molecule has 3 aromatic rings. The standard InChI is InChI=1S/C31H35ClN2O3/c1-36-28-12-4-24(5-13-28)25-6-14-29(15-7-25)37-30-16-8-26(9-17-30)31(35)34-20-18-33(19-21-34)22-23-2-10-27(32)11-3-23/h2-3,6-11,14-17,24,28H,4-5,12-13,18-22H2,1H3. The Balaban J connectivity index is 1.10. The molecule has 37 heavy (non-hydrogen) atoms. The lowest BCUT2D eigenvalue weighted by molar-refractivity contribution is 0.0628. The molecule has 1 aliphatic carbocycles. The van der Waals surface area contributed by atoms with Gasteiger partial charge in [-0.25, -0.2) is 0 Å². The third-order valence-corrected chi connectivity index (χ3v) is 7.93. The second-order valence-electron chi connectivity index (χ2n) is 10.1. The fourth-order valence-corrected chi connectivity index (χ4v) is 5.51. The van der Waals surface area contributed by atoms with Crippen LogP contribution in [0.1, 0.15) is 53.1 Å². The molecule has 0 spiro atoms. The molecule has 0 atom stereocenters. The quantitative estimate of drug-likeness (QED) is 0.346. The minimum absolute atomic E-state index is 0.0743. The van der Waals surface area contributed by atoms with Gasteiger partial charge in [-0.15, -0.1) is 0 Å². The van der Waals surface area contributed by atoms with Gasteiger partial charge in [0.25, 0.3) is 5.91 Å². The summed E-state index contributed by atoms with van der Waals surface area (Å²) < 4.78 is 11.5. The predicted octanol–water partition coefficient (Wildman–Crippen LogP) is 6.76. The van der Waals surface area contributed by atoms with E-state index in [2.05, 4.69) is 29.2 Å². The van der Waals surface area contributed by atoms with Gasteiger partial charge in [0.15, 0.2) is 0 Å². The van der Waals surface area contributed by atoms with Gasteiger partial charge in [0.1, 0.15) is 11.5 Å². The van der Waals surface area contributed by atoms with Crippen LogP contribution in [0.25, 0.3) is 0 Å². The van der Waals surface area contributed by atoms with Crippen LogP contribution in [-0.2, 0) is 11.3 Å². The third-order valence-electron chi connectivity index (χ3n) is 7.67. The highest BCUT2D eigenvalue weighted by Crippen LogP contribution is 2.35. The molecule has 0 bridgehead atoms. The minimum atomic E-state index is 0.0743. The van der Waals surface area contributed by atoms with Crippen LogP contribution >= 0.6 is 11.6 Å². The molecule has 0 radical (unpaired) electrons. The summed E-state index contributed by atoms with van der Waals surface area (Å²) in [6.07, 6.45) is 5.02. The number of methoxy groups -OCH3 is 1. The number of amides is 1. The molecule has 1 saturated carbocycles. The first-order valence-corrected chi connectivity index (χ1v) is 13.6. The first-order chi connectivity index (χ1) is 18.1. The number of halogens is 1. The summed E-state index contributed by atoms with van der Waals surface area (Å²) in [4.78, 5) is 17.4. The van der Waals surface area contributed by atoms with Gasteiger partial charge in [-0.2, -0.15) is 0 Å². The minimum Gasteiger partial charge on any atom is -0.457 e. The molecule has 1 saturated heterocycles. The maximum absolute atomic E-state index is 13.0. The summed E-state index contributed by atoms with van der Waals surface area (Å²) in [5.41, 5.74) is 3.31. The third kappa shape index (κ3) is 6.72. The summed E-state index contributed by atoms with van der Waals surface area (Å²) in [7, 11) is 1.81. The van der Waals surface area contributed by atoms with Crippen LogP contribution in [0.5, 0.6) is 11.5 Å². The van der Waals surface area contributed by atoms with Crippen LogP contribution in [0.3, 0.4) is 0 Å². The second-order valence-corrected chi connectivity index (χ2v) is 10.5. The van der Waals surface area contributed by atoms with Crippen LogP contribution < -0.4 is 4.74 Å². The zero-order chi connectivity index (χ0) is 25.6. The summed E-state index contributed by atoms with van der Waals surface area (Å²) in [6.45, 7) is 4.05. The molecule has 0 N–H and O–H groups in total. The topological polar surface area (TPSA) is 42.0 Å². The molecule has 0 aromatic heterocycles. The zero-order valence-corrected chi connectivity index (χ0v) is 22.2. The Hall–Kier alpha value is -2.86. The van der Waals surface area contributed by atoms with Gasteiger partial charge in [-0.3, -0.25) is 9.69 Å². The molecule has 194 valence electrons. The Morgan fingerprint density at radius 2 is 1.41 bits per heavy atom. The van der Waals surface area contributed by atoms with Crippen molar-refractivity contribution < 1.29 is 14.3 Å². The molecule has 1 aliphatic heterocycles. The predicted molar refractivity (Wildman–Crippen MR) is 148 cm³/mol. The van der Waals surface area contributed by atoms with E-state index in [9.17, 15) is 4.79 Å². The second kappa shape index (κ2) is 12.1. The first-order valence-electron chi connectivity index (χ1n) is 13.2. The van der Waals surface area contributed by atoms with Crippen LogP contribution in [0.15, 0.2) is 72.8 Å². The SMILES string of the molecule is COC1CCC(c2ccc(Oc3ccc(C(=O)N4CCN(Cc5ccc(Cl)cc5)CC4)cc3)cc2)CC1. The Morgan fingerprint density at radius 1 is 0.811 bits per heavy atom. The number of hydrogen-bond acceptors (Lipinski definition) is 4. The van der Waals surface area contributed by atoms with Gasteiger partial charge >= 0.3 is 0 Å². The average Bonchev–Trinajstić information content (AvgIpc) is 2.95. The van der Waals surface area contributed by atoms with Crippen molar-refractivity contribution in [3.05, 3.63) is 94.5 Å². The first kappa shape index (κ1) is 25.8. The molecule has 5 rings (SSSR count). The van der Waals surface area contributed by atoms with Crippen molar-refractivity contribution in [2.24, 2.45) is 0 Å². The Kier molecular flexibility index (Phi) is 8.45. The van der Waals surface area contributed by atoms with Gasteiger partial charge in [0.05, 0.1) is 6.10 Å². The number of rotatable bonds is 7. The Morgan fingerprint density at radius 3 is 2.00 bits per heavy atom. The molecule has 1 heterocycles. The van der Waals surface area contributed by atoms with E-state index in [1.165, 1.54) is 24.0 Å². The van der Waals surface area contributed by atoms with Crippen molar-refractivity contribution in [3.8, 4) is 11.5 Å². The van der Waals surface area contributed by atoms with E-state index < -0.39 is 0 Å². The number of hydrogen-bond donors (Lipinski definition) is 0. The summed E-state index contributed by atoms with van der Waals surface area (Å²) in [6, 6.07) is 23.9. The van der Waals surface area contributed by atoms with E-state index in [4.69, 9.17) is 21.1 Å². The molecule has 0 unspecified atom stereocenters. The number of carbonyl (C=O) groups excluding carboxylic acids is 1. The molecule has 2 aliphatic rings. The van der Waals surface area contributed by atoms with E-state index in [0.29, 0.717) is 17.6 Å². The Labute approximate surface area is 224 Å². The molecular weight excluding hydrogens is 484 g/mol. The van der Waals surface area contributed by atoms with E-state index in [0.717, 1.165) is 62.1 Å². The largest absolute Gasteiger partial charge is 0.457 e. The molecule has 5 nitrogen and oxygen atoms in total. The normalized spacial score (nSPS) is 20.5. The van der Waals surface area contributed by atoms with Gasteiger partial charge in [0, 0.05) is 50.4 Å². The van der Waals surface area contributed by atoms with E-state index in [1.54, 1.807) is 0 Å². The highest BCUT2D eigenvalue weighted by Gasteiger charge is 2.23. The number of ether oxygens (including phenoxy) is 2. The van der Waals surface area contributed by atoms with Gasteiger partial charge in [-0.05, 0) is 91.3 Å². The lowest BCUT2D eigenvalue weighted by Gasteiger charge is -2.34. The zero-order valence-electron chi connectivity index (χ0n) is 21.4. The summed E-state index contributed by atoms with van der Waals surface area (Å²) in [5, 5.41) is 0.754. The summed E-state index contributed by atoms with van der Waals surface area (Å²) >= 11 is 5.99. The highest BCUT2D eigenvalue weighted by molar-refractivity contribution is 6.30. The number of nitrogens with zero attached hydrogens (tertiary/aromatic N) is 2. The monoisotopic (exact) mass is 518 g/mol. The van der Waals surface area contributed by atoms with Gasteiger partial charge < -0.3 is 14.4 Å². The van der Waals surface area contributed by atoms with E-state index in [-0.39, 0.29) is 5.91 Å². The maximum atomic E-state index is 13.0. The van der Waals surface area contributed by atoms with Crippen LogP contribution in [0.2, 0.25) is 5.02 Å². The van der Waals surface area contributed by atoms with Crippen molar-refractivity contribution in [2.45, 2.75) is 44.2 Å².